The molecule has 0 saturated heterocycles. The number of aromatic hydroxyl groups is 1. The van der Waals surface area contributed by atoms with Crippen LogP contribution in [-0.2, 0) is 26.5 Å². The van der Waals surface area contributed by atoms with Crippen molar-refractivity contribution in [2.24, 2.45) is 0 Å². The quantitative estimate of drug-likeness (QED) is 0.179. The Labute approximate surface area is 310 Å². The number of aryl methyl sites for hydroxylation is 1. The van der Waals surface area contributed by atoms with Crippen molar-refractivity contribution in [3.63, 3.8) is 0 Å². The molecule has 0 atom stereocenters. The van der Waals surface area contributed by atoms with Crippen LogP contribution in [0, 0.1) is 13.0 Å². The van der Waals surface area contributed by atoms with Gasteiger partial charge in [-0.25, -0.2) is 4.98 Å². The van der Waals surface area contributed by atoms with E-state index in [4.69, 9.17) is 14.4 Å². The van der Waals surface area contributed by atoms with Gasteiger partial charge in [-0.2, -0.15) is 0 Å². The summed E-state index contributed by atoms with van der Waals surface area (Å²) in [6, 6.07) is 45.1. The van der Waals surface area contributed by atoms with Gasteiger partial charge in [-0.1, -0.05) is 105 Å². The van der Waals surface area contributed by atoms with Gasteiger partial charge < -0.3 is 14.1 Å². The molecule has 9 aromatic rings. The topological polar surface area (TPSA) is 64.1 Å². The van der Waals surface area contributed by atoms with E-state index in [2.05, 4.69) is 123 Å². The minimum Gasteiger partial charge on any atom is -0.507 e. The molecule has 0 aliphatic carbocycles. The fourth-order valence-corrected chi connectivity index (χ4v) is 7.14. The van der Waals surface area contributed by atoms with Crippen molar-refractivity contribution >= 4 is 43.8 Å². The molecule has 1 N–H and O–H groups in total. The standard InChI is InChI=1S/C45H34N3O2.Pt/c1-27-20-21-46-42-36(27)25-30(45(2,3)4)26-37(42)29-22-28(32-15-11-19-41-43(32)47-44(50-41)35-14-7-10-18-40(35)49)23-31(24-29)48-38-16-8-5-12-33(38)34-13-6-9-17-39(34)48;/h5-21,23-26,49H,1-4H3;/q-1;. The third kappa shape index (κ3) is 5.44. The molecule has 0 fully saturated rings. The smallest absolute Gasteiger partial charge is 0.230 e. The van der Waals surface area contributed by atoms with Crippen LogP contribution in [-0.4, -0.2) is 19.6 Å². The van der Waals surface area contributed by atoms with Gasteiger partial charge in [-0.15, -0.1) is 29.3 Å². The van der Waals surface area contributed by atoms with Crippen LogP contribution in [0.15, 0.2) is 132 Å². The van der Waals surface area contributed by atoms with Crippen molar-refractivity contribution in [3.05, 3.63) is 145 Å². The molecule has 6 aromatic carbocycles. The van der Waals surface area contributed by atoms with Gasteiger partial charge in [0.1, 0.15) is 11.3 Å². The number of hydrogen-bond acceptors (Lipinski definition) is 4. The first-order valence-electron chi connectivity index (χ1n) is 16.9. The number of pyridine rings is 1. The normalized spacial score (nSPS) is 11.8. The van der Waals surface area contributed by atoms with E-state index in [1.165, 1.54) is 21.9 Å². The zero-order valence-electron chi connectivity index (χ0n) is 28.6. The zero-order chi connectivity index (χ0) is 34.1. The molecule has 0 bridgehead atoms. The van der Waals surface area contributed by atoms with Crippen molar-refractivity contribution in [1.29, 1.82) is 0 Å². The third-order valence-corrected chi connectivity index (χ3v) is 9.75. The Hall–Kier alpha value is -5.51. The Kier molecular flexibility index (Phi) is 7.92. The summed E-state index contributed by atoms with van der Waals surface area (Å²) in [5, 5.41) is 14.2. The predicted molar refractivity (Wildman–Crippen MR) is 204 cm³/mol. The number of hydrogen-bond donors (Lipinski definition) is 1. The van der Waals surface area contributed by atoms with Crippen LogP contribution < -0.4 is 0 Å². The summed E-state index contributed by atoms with van der Waals surface area (Å²) >= 11 is 0. The molecule has 3 aromatic heterocycles. The van der Waals surface area contributed by atoms with Crippen molar-refractivity contribution in [1.82, 2.24) is 14.5 Å². The first-order chi connectivity index (χ1) is 24.2. The number of nitrogens with zero attached hydrogens (tertiary/aromatic N) is 3. The van der Waals surface area contributed by atoms with Crippen LogP contribution in [0.4, 0.5) is 0 Å². The van der Waals surface area contributed by atoms with E-state index in [-0.39, 0.29) is 32.2 Å². The Bertz CT molecular complexity index is 2730. The zero-order valence-corrected chi connectivity index (χ0v) is 30.9. The van der Waals surface area contributed by atoms with E-state index in [1.54, 1.807) is 12.1 Å². The van der Waals surface area contributed by atoms with E-state index in [1.807, 2.05) is 30.5 Å². The molecule has 252 valence electrons. The Morgan fingerprint density at radius 3 is 2.02 bits per heavy atom. The summed E-state index contributed by atoms with van der Waals surface area (Å²) in [4.78, 5) is 9.91. The minimum absolute atomic E-state index is 0. The van der Waals surface area contributed by atoms with Crippen LogP contribution in [0.3, 0.4) is 0 Å². The SMILES string of the molecule is Cc1ccnc2c(-c3[c-]c(-c4cccc5oc(-c6ccccc6O)nc45)cc(-n4c5ccccc5c5ccccc54)c3)cc(C(C)(C)C)cc12.[Pt]. The number of rotatable bonds is 4. The molecular formula is C45H34N3O2Pt-. The van der Waals surface area contributed by atoms with Crippen LogP contribution in [0.5, 0.6) is 5.75 Å². The Balaban J connectivity index is 0.00000374. The number of phenols is 1. The molecule has 0 aliphatic heterocycles. The number of oxazole rings is 1. The number of aromatic nitrogens is 3. The third-order valence-electron chi connectivity index (χ3n) is 9.75. The van der Waals surface area contributed by atoms with Gasteiger partial charge in [0.2, 0.25) is 5.89 Å². The van der Waals surface area contributed by atoms with Crippen LogP contribution in [0.2, 0.25) is 0 Å². The second-order valence-corrected chi connectivity index (χ2v) is 14.0. The maximum absolute atomic E-state index is 10.6. The average molecular weight is 844 g/mol. The largest absolute Gasteiger partial charge is 0.507 e. The monoisotopic (exact) mass is 843 g/mol. The maximum Gasteiger partial charge on any atom is 0.230 e. The van der Waals surface area contributed by atoms with E-state index in [9.17, 15) is 5.11 Å². The number of para-hydroxylation sites is 4. The predicted octanol–water partition coefficient (Wildman–Crippen LogP) is 11.6. The van der Waals surface area contributed by atoms with Gasteiger partial charge in [-0.3, -0.25) is 4.98 Å². The summed E-state index contributed by atoms with van der Waals surface area (Å²) in [6.45, 7) is 8.90. The molecule has 0 amide bonds. The molecule has 6 heteroatoms. The number of benzene rings is 6. The Morgan fingerprint density at radius 1 is 0.667 bits per heavy atom. The second-order valence-electron chi connectivity index (χ2n) is 14.0. The molecular weight excluding hydrogens is 810 g/mol. The molecule has 0 radical (unpaired) electrons. The van der Waals surface area contributed by atoms with Crippen LogP contribution in [0.25, 0.3) is 83.2 Å². The van der Waals surface area contributed by atoms with E-state index < -0.39 is 0 Å². The molecule has 5 nitrogen and oxygen atoms in total. The van der Waals surface area contributed by atoms with Crippen molar-refractivity contribution in [2.45, 2.75) is 33.1 Å². The van der Waals surface area contributed by atoms with Crippen molar-refractivity contribution in [3.8, 4) is 45.1 Å². The summed E-state index contributed by atoms with van der Waals surface area (Å²) in [5.74, 6) is 0.490. The summed E-state index contributed by atoms with van der Waals surface area (Å²) in [7, 11) is 0. The van der Waals surface area contributed by atoms with Gasteiger partial charge in [0.05, 0.1) is 22.1 Å². The number of fused-ring (bicyclic) bond motifs is 5. The van der Waals surface area contributed by atoms with Gasteiger partial charge in [0, 0.05) is 43.6 Å². The molecule has 9 rings (SSSR count). The molecule has 0 aliphatic rings. The van der Waals surface area contributed by atoms with Gasteiger partial charge in [0.25, 0.3) is 0 Å². The fraction of sp³-hybridized carbons (Fsp3) is 0.111. The molecule has 0 spiro atoms. The Morgan fingerprint density at radius 2 is 1.31 bits per heavy atom. The summed E-state index contributed by atoms with van der Waals surface area (Å²) < 4.78 is 8.60. The summed E-state index contributed by atoms with van der Waals surface area (Å²) in [6.07, 6.45) is 1.90. The molecule has 3 heterocycles. The molecule has 0 saturated carbocycles. The first-order valence-corrected chi connectivity index (χ1v) is 16.9. The summed E-state index contributed by atoms with van der Waals surface area (Å²) in [5.41, 5.74) is 12.2. The van der Waals surface area contributed by atoms with Gasteiger partial charge >= 0.3 is 0 Å². The fourth-order valence-electron chi connectivity index (χ4n) is 7.14. The van der Waals surface area contributed by atoms with Crippen molar-refractivity contribution in [2.75, 3.05) is 0 Å². The molecule has 51 heavy (non-hydrogen) atoms. The van der Waals surface area contributed by atoms with E-state index in [0.717, 1.165) is 49.9 Å². The molecule has 0 unspecified atom stereocenters. The van der Waals surface area contributed by atoms with Gasteiger partial charge in [0.15, 0.2) is 0 Å². The number of phenolic OH excluding ortho intramolecular Hbond substituents is 1. The van der Waals surface area contributed by atoms with E-state index in [0.29, 0.717) is 22.6 Å². The van der Waals surface area contributed by atoms with Gasteiger partial charge in [-0.05, 0) is 70.9 Å². The maximum atomic E-state index is 10.6. The van der Waals surface area contributed by atoms with Crippen LogP contribution in [0.1, 0.15) is 31.9 Å². The van der Waals surface area contributed by atoms with Crippen molar-refractivity contribution < 1.29 is 30.6 Å². The van der Waals surface area contributed by atoms with Crippen LogP contribution >= 0.6 is 0 Å². The average Bonchev–Trinajstić information content (AvgIpc) is 3.71. The second kappa shape index (κ2) is 12.4. The first kappa shape index (κ1) is 32.7. The van der Waals surface area contributed by atoms with E-state index >= 15 is 0 Å². The minimum atomic E-state index is -0.0792.